The molecule has 0 saturated carbocycles. The molecule has 24 heavy (non-hydrogen) atoms. The molecule has 0 spiro atoms. The molecule has 0 aliphatic carbocycles. The molecule has 130 valence electrons. The Morgan fingerprint density at radius 3 is 2.96 bits per heavy atom. The minimum atomic E-state index is -0.0286. The summed E-state index contributed by atoms with van der Waals surface area (Å²) in [5.74, 6) is 2.02. The molecule has 6 heteroatoms. The normalized spacial score (nSPS) is 28.4. The molecule has 2 fully saturated rings. The molecule has 0 aromatic heterocycles. The molecule has 0 unspecified atom stereocenters. The number of amides is 1. The zero-order valence-electron chi connectivity index (χ0n) is 14.2. The lowest BCUT2D eigenvalue weighted by molar-refractivity contribution is -0.126. The predicted molar refractivity (Wildman–Crippen MR) is 87.8 cm³/mol. The number of fused-ring (bicyclic) bond motifs is 2. The van der Waals surface area contributed by atoms with E-state index in [1.807, 2.05) is 26.0 Å². The van der Waals surface area contributed by atoms with Crippen LogP contribution in [0.4, 0.5) is 0 Å². The van der Waals surface area contributed by atoms with Crippen LogP contribution in [-0.2, 0) is 16.1 Å². The summed E-state index contributed by atoms with van der Waals surface area (Å²) >= 11 is 0. The fourth-order valence-corrected chi connectivity index (χ4v) is 3.88. The predicted octanol–water partition coefficient (Wildman–Crippen LogP) is 1.39. The SMILES string of the molecule is CC(C)NC(=O)[C@H]1CO[C@@H]2CN(Cc3ccc4c(c3)OCO4)C[C@@H]12. The molecule has 1 aromatic carbocycles. The maximum atomic E-state index is 12.4. The first-order valence-corrected chi connectivity index (χ1v) is 8.63. The van der Waals surface area contributed by atoms with E-state index >= 15 is 0 Å². The summed E-state index contributed by atoms with van der Waals surface area (Å²) in [5, 5.41) is 3.02. The maximum absolute atomic E-state index is 12.4. The largest absolute Gasteiger partial charge is 0.454 e. The average Bonchev–Trinajstić information content (AvgIpc) is 3.20. The lowest BCUT2D eigenvalue weighted by atomic mass is 9.92. The van der Waals surface area contributed by atoms with Gasteiger partial charge < -0.3 is 19.5 Å². The average molecular weight is 332 g/mol. The maximum Gasteiger partial charge on any atom is 0.231 e. The number of hydrogen-bond acceptors (Lipinski definition) is 5. The third-order valence-corrected chi connectivity index (χ3v) is 5.00. The summed E-state index contributed by atoms with van der Waals surface area (Å²) < 4.78 is 16.7. The summed E-state index contributed by atoms with van der Waals surface area (Å²) in [6.07, 6.45) is 0.168. The lowest BCUT2D eigenvalue weighted by Gasteiger charge is -2.20. The highest BCUT2D eigenvalue weighted by atomic mass is 16.7. The molecule has 6 nitrogen and oxygen atoms in total. The number of benzene rings is 1. The van der Waals surface area contributed by atoms with E-state index in [4.69, 9.17) is 14.2 Å². The molecule has 3 aliphatic rings. The van der Waals surface area contributed by atoms with Crippen molar-refractivity contribution in [2.24, 2.45) is 11.8 Å². The van der Waals surface area contributed by atoms with Crippen LogP contribution in [0.5, 0.6) is 11.5 Å². The highest BCUT2D eigenvalue weighted by Crippen LogP contribution is 2.36. The topological polar surface area (TPSA) is 60.0 Å². The Balaban J connectivity index is 1.39. The molecule has 1 amide bonds. The molecule has 3 atom stereocenters. The van der Waals surface area contributed by atoms with Gasteiger partial charge in [0.15, 0.2) is 11.5 Å². The first-order chi connectivity index (χ1) is 11.6. The van der Waals surface area contributed by atoms with Gasteiger partial charge in [0.1, 0.15) is 0 Å². The Bertz CT molecular complexity index is 633. The van der Waals surface area contributed by atoms with Crippen LogP contribution in [0.1, 0.15) is 19.4 Å². The fraction of sp³-hybridized carbons (Fsp3) is 0.611. The van der Waals surface area contributed by atoms with Gasteiger partial charge in [-0.05, 0) is 31.5 Å². The summed E-state index contributed by atoms with van der Waals surface area (Å²) in [7, 11) is 0. The Labute approximate surface area is 142 Å². The molecule has 3 heterocycles. The van der Waals surface area contributed by atoms with Crippen LogP contribution in [0.2, 0.25) is 0 Å². The van der Waals surface area contributed by atoms with Crippen molar-refractivity contribution < 1.29 is 19.0 Å². The van der Waals surface area contributed by atoms with Crippen molar-refractivity contribution in [2.45, 2.75) is 32.5 Å². The van der Waals surface area contributed by atoms with Gasteiger partial charge in [0, 0.05) is 31.6 Å². The van der Waals surface area contributed by atoms with E-state index in [0.717, 1.165) is 31.1 Å². The number of hydrogen-bond donors (Lipinski definition) is 1. The van der Waals surface area contributed by atoms with Crippen LogP contribution in [0.3, 0.4) is 0 Å². The van der Waals surface area contributed by atoms with Gasteiger partial charge in [0.05, 0.1) is 18.6 Å². The van der Waals surface area contributed by atoms with E-state index in [-0.39, 0.29) is 29.9 Å². The molecule has 3 aliphatic heterocycles. The van der Waals surface area contributed by atoms with E-state index in [1.54, 1.807) is 0 Å². The summed E-state index contributed by atoms with van der Waals surface area (Å²) in [5.41, 5.74) is 1.20. The monoisotopic (exact) mass is 332 g/mol. The van der Waals surface area contributed by atoms with Gasteiger partial charge >= 0.3 is 0 Å². The zero-order valence-corrected chi connectivity index (χ0v) is 14.2. The highest BCUT2D eigenvalue weighted by Gasteiger charge is 2.46. The Morgan fingerprint density at radius 2 is 2.12 bits per heavy atom. The van der Waals surface area contributed by atoms with Crippen molar-refractivity contribution in [3.63, 3.8) is 0 Å². The minimum Gasteiger partial charge on any atom is -0.454 e. The molecule has 0 radical (unpaired) electrons. The Kier molecular flexibility index (Phi) is 4.10. The van der Waals surface area contributed by atoms with E-state index < -0.39 is 0 Å². The molecular weight excluding hydrogens is 308 g/mol. The fourth-order valence-electron chi connectivity index (χ4n) is 3.88. The van der Waals surface area contributed by atoms with E-state index in [9.17, 15) is 4.79 Å². The van der Waals surface area contributed by atoms with Crippen molar-refractivity contribution >= 4 is 5.91 Å². The second kappa shape index (κ2) is 6.26. The molecular formula is C18H24N2O4. The number of carbonyl (C=O) groups excluding carboxylic acids is 1. The van der Waals surface area contributed by atoms with Gasteiger partial charge in [-0.15, -0.1) is 0 Å². The third-order valence-electron chi connectivity index (χ3n) is 5.00. The van der Waals surface area contributed by atoms with Crippen molar-refractivity contribution in [2.75, 3.05) is 26.5 Å². The molecule has 2 saturated heterocycles. The third kappa shape index (κ3) is 2.96. The number of carbonyl (C=O) groups is 1. The second-order valence-electron chi connectivity index (χ2n) is 7.19. The first kappa shape index (κ1) is 15.7. The van der Waals surface area contributed by atoms with Crippen LogP contribution in [-0.4, -0.2) is 49.4 Å². The smallest absolute Gasteiger partial charge is 0.231 e. The standard InChI is InChI=1S/C18H24N2O4/c1-11(2)19-18(21)14-9-22-17-8-20(7-13(14)17)6-12-3-4-15-16(5-12)24-10-23-15/h3-5,11,13-14,17H,6-10H2,1-2H3,(H,19,21)/t13-,14-,17+/m0/s1. The molecule has 4 rings (SSSR count). The van der Waals surface area contributed by atoms with Crippen molar-refractivity contribution in [3.8, 4) is 11.5 Å². The highest BCUT2D eigenvalue weighted by molar-refractivity contribution is 5.79. The van der Waals surface area contributed by atoms with Crippen LogP contribution < -0.4 is 14.8 Å². The number of nitrogens with one attached hydrogen (secondary N) is 1. The summed E-state index contributed by atoms with van der Waals surface area (Å²) in [6.45, 7) is 7.45. The van der Waals surface area contributed by atoms with Gasteiger partial charge in [-0.2, -0.15) is 0 Å². The van der Waals surface area contributed by atoms with Crippen LogP contribution in [0.25, 0.3) is 0 Å². The van der Waals surface area contributed by atoms with E-state index in [2.05, 4.69) is 16.3 Å². The number of nitrogens with zero attached hydrogens (tertiary/aromatic N) is 1. The summed E-state index contributed by atoms with van der Waals surface area (Å²) in [6, 6.07) is 6.25. The van der Waals surface area contributed by atoms with Crippen molar-refractivity contribution in [1.29, 1.82) is 0 Å². The van der Waals surface area contributed by atoms with Crippen LogP contribution in [0.15, 0.2) is 18.2 Å². The zero-order chi connectivity index (χ0) is 16.7. The van der Waals surface area contributed by atoms with Crippen molar-refractivity contribution in [3.05, 3.63) is 23.8 Å². The first-order valence-electron chi connectivity index (χ1n) is 8.63. The van der Waals surface area contributed by atoms with Crippen LogP contribution >= 0.6 is 0 Å². The quantitative estimate of drug-likeness (QED) is 0.903. The minimum absolute atomic E-state index is 0.0286. The molecule has 0 bridgehead atoms. The number of ether oxygens (including phenoxy) is 3. The van der Waals surface area contributed by atoms with Crippen LogP contribution in [0, 0.1) is 11.8 Å². The molecule has 1 aromatic rings. The molecule has 1 N–H and O–H groups in total. The van der Waals surface area contributed by atoms with E-state index in [1.165, 1.54) is 5.56 Å². The number of rotatable bonds is 4. The van der Waals surface area contributed by atoms with Crippen molar-refractivity contribution in [1.82, 2.24) is 10.2 Å². The van der Waals surface area contributed by atoms with Gasteiger partial charge in [0.25, 0.3) is 0 Å². The second-order valence-corrected chi connectivity index (χ2v) is 7.19. The Morgan fingerprint density at radius 1 is 1.29 bits per heavy atom. The van der Waals surface area contributed by atoms with Gasteiger partial charge in [0.2, 0.25) is 12.7 Å². The van der Waals surface area contributed by atoms with Gasteiger partial charge in [-0.3, -0.25) is 9.69 Å². The van der Waals surface area contributed by atoms with E-state index in [0.29, 0.717) is 13.4 Å². The lowest BCUT2D eigenvalue weighted by Crippen LogP contribution is -2.39. The van der Waals surface area contributed by atoms with Gasteiger partial charge in [-0.1, -0.05) is 6.07 Å². The van der Waals surface area contributed by atoms with Gasteiger partial charge in [-0.25, -0.2) is 0 Å². The Hall–Kier alpha value is -1.79. The summed E-state index contributed by atoms with van der Waals surface area (Å²) in [4.78, 5) is 14.7. The number of likely N-dealkylation sites (tertiary alicyclic amines) is 1.